The first-order valence-corrected chi connectivity index (χ1v) is 18.8. The number of hydrogen-bond acceptors (Lipinski definition) is 3. The fourth-order valence-electron chi connectivity index (χ4n) is 7.32. The van der Waals surface area contributed by atoms with E-state index in [1.807, 2.05) is 42.5 Å². The summed E-state index contributed by atoms with van der Waals surface area (Å²) in [5.41, 5.74) is 7.29. The van der Waals surface area contributed by atoms with Crippen molar-refractivity contribution < 1.29 is 47.3 Å². The van der Waals surface area contributed by atoms with Gasteiger partial charge in [0.25, 0.3) is 0 Å². The van der Waals surface area contributed by atoms with Crippen LogP contribution in [0, 0.1) is 31.3 Å². The second kappa shape index (κ2) is 16.9. The van der Waals surface area contributed by atoms with Crippen LogP contribution in [0.1, 0.15) is 77.3 Å². The summed E-state index contributed by atoms with van der Waals surface area (Å²) in [6, 6.07) is 40.9. The second-order valence-corrected chi connectivity index (χ2v) is 15.2. The Kier molecular flexibility index (Phi) is 9.47. The molecule has 0 unspecified atom stereocenters. The van der Waals surface area contributed by atoms with Crippen molar-refractivity contribution in [3.63, 3.8) is 0 Å². The third-order valence-electron chi connectivity index (χ3n) is 10.7. The average Bonchev–Trinajstić information content (AvgIpc) is 3.66. The number of furan rings is 1. The van der Waals surface area contributed by atoms with E-state index < -0.39 is 31.3 Å². The Morgan fingerprint density at radius 1 is 0.776 bits per heavy atom. The molecule has 3 nitrogen and oxygen atoms in total. The summed E-state index contributed by atoms with van der Waals surface area (Å²) >= 11 is 0. The van der Waals surface area contributed by atoms with E-state index in [1.165, 1.54) is 24.4 Å². The van der Waals surface area contributed by atoms with Gasteiger partial charge in [-0.3, -0.25) is 0 Å². The van der Waals surface area contributed by atoms with E-state index in [1.54, 1.807) is 30.5 Å². The van der Waals surface area contributed by atoms with Crippen LogP contribution in [0.25, 0.3) is 66.7 Å². The first-order chi connectivity index (χ1) is 30.2. The van der Waals surface area contributed by atoms with Crippen molar-refractivity contribution in [2.45, 2.75) is 65.3 Å². The molecule has 0 atom stereocenters. The van der Waals surface area contributed by atoms with Crippen molar-refractivity contribution in [3.8, 4) is 44.8 Å². The monoisotopic (exact) mass is 956 g/mol. The van der Waals surface area contributed by atoms with E-state index >= 15 is 0 Å². The van der Waals surface area contributed by atoms with Crippen molar-refractivity contribution in [1.29, 1.82) is 0 Å². The summed E-state index contributed by atoms with van der Waals surface area (Å²) < 4.78 is 100. The molecule has 0 bridgehead atoms. The molecule has 7 heteroatoms. The summed E-state index contributed by atoms with van der Waals surface area (Å²) in [5, 5.41) is 1.33. The molecule has 8 aromatic rings. The first kappa shape index (κ1) is 32.6. The van der Waals surface area contributed by atoms with E-state index in [0.29, 0.717) is 44.5 Å². The Morgan fingerprint density at radius 2 is 1.57 bits per heavy atom. The summed E-state index contributed by atoms with van der Waals surface area (Å²) in [7, 11) is 0. The molecule has 1 fully saturated rings. The van der Waals surface area contributed by atoms with E-state index in [4.69, 9.17) is 14.0 Å². The van der Waals surface area contributed by atoms with Gasteiger partial charge in [-0.1, -0.05) is 116 Å². The van der Waals surface area contributed by atoms with E-state index in [-0.39, 0.29) is 36.8 Å². The van der Waals surface area contributed by atoms with Gasteiger partial charge in [0.2, 0.25) is 0 Å². The van der Waals surface area contributed by atoms with Crippen LogP contribution in [0.2, 0.25) is 0 Å². The second-order valence-electron chi connectivity index (χ2n) is 15.2. The van der Waals surface area contributed by atoms with Gasteiger partial charge < -0.3 is 14.4 Å². The van der Waals surface area contributed by atoms with Crippen LogP contribution in [-0.4, -0.2) is 9.97 Å². The Bertz CT molecular complexity index is 2940. The normalized spacial score (nSPS) is 16.9. The molecule has 1 aliphatic carbocycles. The number of aromatic nitrogens is 2. The van der Waals surface area contributed by atoms with Crippen LogP contribution >= 0.6 is 0 Å². The molecule has 5 aromatic carbocycles. The van der Waals surface area contributed by atoms with Gasteiger partial charge in [0.05, 0.1) is 11.1 Å². The van der Waals surface area contributed by atoms with Crippen molar-refractivity contribution >= 4 is 21.9 Å². The Hall–Kier alpha value is -5.36. The fourth-order valence-corrected chi connectivity index (χ4v) is 7.32. The standard InChI is InChI=1S/C32H27F3NO.C19H16N.Ir/c1-31(2)15-12-22(13-16-31)20-6-8-21(9-7-20)23-14-17-36-28(18-23)27-5-3-4-26-25-11-10-24(32(33,34)35)19-29(25)37-30(26)27;1-14-8-11-19(20-13-14)17-10-9-15(2)18(12-17)16-6-4-3-5-7-16;/h3-4,6-11,14,17-19,22H,12-13,15-16H2,1-2H3;3-9,11-13H,1-2H3;/q2*-1;/i22D;1D3,2D3;. The molecule has 1 saturated carbocycles. The molecule has 3 aromatic heterocycles. The Labute approximate surface area is 361 Å². The quantitative estimate of drug-likeness (QED) is 0.161. The van der Waals surface area contributed by atoms with Gasteiger partial charge in [-0.25, -0.2) is 0 Å². The number of halogens is 3. The summed E-state index contributed by atoms with van der Waals surface area (Å²) in [5.74, 6) is -0.546. The van der Waals surface area contributed by atoms with Crippen LogP contribution in [0.4, 0.5) is 13.2 Å². The molecule has 0 amide bonds. The maximum absolute atomic E-state index is 13.2. The number of benzene rings is 5. The van der Waals surface area contributed by atoms with Crippen molar-refractivity contribution in [1.82, 2.24) is 9.97 Å². The molecular weight excluding hydrogens is 906 g/mol. The number of pyridine rings is 2. The van der Waals surface area contributed by atoms with E-state index in [2.05, 4.69) is 60.2 Å². The smallest absolute Gasteiger partial charge is 0.416 e. The third-order valence-corrected chi connectivity index (χ3v) is 10.7. The van der Waals surface area contributed by atoms with Gasteiger partial charge in [-0.15, -0.1) is 47.5 Å². The number of hydrogen-bond donors (Lipinski definition) is 0. The minimum Gasteiger partial charge on any atom is -0.501 e. The minimum atomic E-state index is -4.44. The maximum atomic E-state index is 13.2. The fraction of sp³-hybridized carbons (Fsp3) is 0.216. The maximum Gasteiger partial charge on any atom is 0.416 e. The van der Waals surface area contributed by atoms with Crippen LogP contribution in [-0.2, 0) is 26.3 Å². The first-order valence-electron chi connectivity index (χ1n) is 22.3. The molecule has 0 N–H and O–H groups in total. The van der Waals surface area contributed by atoms with Gasteiger partial charge in [-0.05, 0) is 101 Å². The zero-order valence-electron chi connectivity index (χ0n) is 38.8. The number of fused-ring (bicyclic) bond motifs is 3. The van der Waals surface area contributed by atoms with Crippen LogP contribution < -0.4 is 0 Å². The molecule has 0 spiro atoms. The van der Waals surface area contributed by atoms with E-state index in [9.17, 15) is 13.2 Å². The number of alkyl halides is 3. The van der Waals surface area contributed by atoms with E-state index in [0.717, 1.165) is 65.5 Å². The third kappa shape index (κ3) is 8.87. The molecule has 0 saturated heterocycles. The Morgan fingerprint density at radius 3 is 2.28 bits per heavy atom. The molecule has 295 valence electrons. The summed E-state index contributed by atoms with van der Waals surface area (Å²) in [4.78, 5) is 8.74. The molecule has 1 radical (unpaired) electrons. The van der Waals surface area contributed by atoms with Crippen LogP contribution in [0.5, 0.6) is 0 Å². The molecule has 0 aliphatic heterocycles. The SMILES string of the molecule is [2H]C([2H])([2H])c1ccc(-c2[c-]cc(C([2H])([2H])[2H])c(-c3ccccc3)c2)nc1.[2H]C1(c2ccc(-c3ccnc(-c4[c-]ccc5c4oc4cc(C(F)(F)F)ccc45)c3)cc2)CCC(C)(C)CC1.[Ir]. The van der Waals surface area contributed by atoms with Gasteiger partial charge in [0.15, 0.2) is 0 Å². The Balaban J connectivity index is 0.000000205. The predicted molar refractivity (Wildman–Crippen MR) is 225 cm³/mol. The van der Waals surface area contributed by atoms with Gasteiger partial charge in [0.1, 0.15) is 5.58 Å². The minimum absolute atomic E-state index is 0. The molecule has 3 heterocycles. The van der Waals surface area contributed by atoms with Crippen molar-refractivity contribution in [3.05, 3.63) is 168 Å². The predicted octanol–water partition coefficient (Wildman–Crippen LogP) is 14.6. The molecule has 1 aliphatic rings. The van der Waals surface area contributed by atoms with Gasteiger partial charge in [0, 0.05) is 47.5 Å². The van der Waals surface area contributed by atoms with Crippen LogP contribution in [0.15, 0.2) is 138 Å². The zero-order valence-corrected chi connectivity index (χ0v) is 34.2. The summed E-state index contributed by atoms with van der Waals surface area (Å²) in [6.45, 7) is 0.0772. The largest absolute Gasteiger partial charge is 0.501 e. The van der Waals surface area contributed by atoms with Gasteiger partial charge >= 0.3 is 6.18 Å². The molecular formula is C51H43F3IrN2O-2. The van der Waals surface area contributed by atoms with Crippen LogP contribution in [0.3, 0.4) is 0 Å². The number of nitrogens with zero attached hydrogens (tertiary/aromatic N) is 2. The molecule has 58 heavy (non-hydrogen) atoms. The number of rotatable bonds is 5. The molecule has 9 rings (SSSR count). The number of aryl methyl sites for hydroxylation is 2. The van der Waals surface area contributed by atoms with Crippen molar-refractivity contribution in [2.24, 2.45) is 5.41 Å². The topological polar surface area (TPSA) is 38.9 Å². The van der Waals surface area contributed by atoms with Crippen molar-refractivity contribution in [2.75, 3.05) is 0 Å². The average molecular weight is 956 g/mol. The zero-order chi connectivity index (χ0) is 45.7. The van der Waals surface area contributed by atoms with Gasteiger partial charge in [-0.2, -0.15) is 13.2 Å². The summed E-state index contributed by atoms with van der Waals surface area (Å²) in [6.07, 6.45) is 2.41.